The molecule has 140 valence electrons. The summed E-state index contributed by atoms with van der Waals surface area (Å²) in [6, 6.07) is 12.0. The lowest BCUT2D eigenvalue weighted by Gasteiger charge is -2.33. The molecule has 4 rings (SSSR count). The van der Waals surface area contributed by atoms with Crippen molar-refractivity contribution >= 4 is 5.82 Å². The van der Waals surface area contributed by atoms with E-state index in [-0.39, 0.29) is 0 Å². The van der Waals surface area contributed by atoms with E-state index in [0.29, 0.717) is 17.6 Å². The molecule has 1 aliphatic heterocycles. The fourth-order valence-electron chi connectivity index (χ4n) is 3.62. The maximum atomic E-state index is 5.46. The van der Waals surface area contributed by atoms with E-state index < -0.39 is 0 Å². The molecule has 0 amide bonds. The van der Waals surface area contributed by atoms with Crippen molar-refractivity contribution in [3.63, 3.8) is 0 Å². The number of aromatic nitrogens is 3. The van der Waals surface area contributed by atoms with Crippen molar-refractivity contribution in [3.05, 3.63) is 48.2 Å². The summed E-state index contributed by atoms with van der Waals surface area (Å²) in [6.45, 7) is 4.86. The summed E-state index contributed by atoms with van der Waals surface area (Å²) in [5.74, 6) is 2.64. The summed E-state index contributed by atoms with van der Waals surface area (Å²) in [4.78, 5) is 11.5. The summed E-state index contributed by atoms with van der Waals surface area (Å²) in [5, 5.41) is 4.13. The Morgan fingerprint density at radius 2 is 2.11 bits per heavy atom. The molecule has 1 unspecified atom stereocenters. The summed E-state index contributed by atoms with van der Waals surface area (Å²) >= 11 is 0. The van der Waals surface area contributed by atoms with E-state index in [1.807, 2.05) is 49.5 Å². The van der Waals surface area contributed by atoms with Gasteiger partial charge in [0.05, 0.1) is 12.2 Å². The van der Waals surface area contributed by atoms with Crippen molar-refractivity contribution in [2.24, 2.45) is 5.92 Å². The molecule has 1 aliphatic rings. The third kappa shape index (κ3) is 3.85. The fourth-order valence-corrected chi connectivity index (χ4v) is 3.62. The van der Waals surface area contributed by atoms with Crippen LogP contribution >= 0.6 is 0 Å². The molecule has 1 saturated heterocycles. The lowest BCUT2D eigenvalue weighted by atomic mass is 9.99. The first-order valence-electron chi connectivity index (χ1n) is 9.34. The van der Waals surface area contributed by atoms with Gasteiger partial charge in [-0.1, -0.05) is 29.4 Å². The van der Waals surface area contributed by atoms with Gasteiger partial charge in [0.2, 0.25) is 5.82 Å². The van der Waals surface area contributed by atoms with Gasteiger partial charge in [-0.2, -0.15) is 4.98 Å². The SMILES string of the molecule is COCC1CCCN(c2ccc(-c3nc(-c4ccccc4C)no3)cn2)C1. The molecule has 1 fully saturated rings. The van der Waals surface area contributed by atoms with Crippen LogP contribution in [0.2, 0.25) is 0 Å². The van der Waals surface area contributed by atoms with E-state index in [4.69, 9.17) is 9.26 Å². The Balaban J connectivity index is 1.51. The smallest absolute Gasteiger partial charge is 0.259 e. The number of anilines is 1. The molecular formula is C21H24N4O2. The van der Waals surface area contributed by atoms with Crippen molar-refractivity contribution in [1.29, 1.82) is 0 Å². The summed E-state index contributed by atoms with van der Waals surface area (Å²) in [7, 11) is 1.77. The average molecular weight is 364 g/mol. The van der Waals surface area contributed by atoms with Gasteiger partial charge in [0.15, 0.2) is 0 Å². The number of aryl methyl sites for hydroxylation is 1. The predicted octanol–water partition coefficient (Wildman–Crippen LogP) is 3.97. The monoisotopic (exact) mass is 364 g/mol. The van der Waals surface area contributed by atoms with Gasteiger partial charge < -0.3 is 14.2 Å². The maximum absolute atomic E-state index is 5.46. The second-order valence-electron chi connectivity index (χ2n) is 7.05. The minimum absolute atomic E-state index is 0.489. The highest BCUT2D eigenvalue weighted by molar-refractivity contribution is 5.62. The van der Waals surface area contributed by atoms with Crippen LogP contribution in [0.25, 0.3) is 22.8 Å². The van der Waals surface area contributed by atoms with Gasteiger partial charge in [0.1, 0.15) is 5.82 Å². The average Bonchev–Trinajstić information content (AvgIpc) is 3.19. The van der Waals surface area contributed by atoms with Gasteiger partial charge in [-0.05, 0) is 43.4 Å². The first-order chi connectivity index (χ1) is 13.2. The molecule has 6 heteroatoms. The molecule has 0 aliphatic carbocycles. The Bertz CT molecular complexity index is 889. The molecule has 2 aromatic heterocycles. The van der Waals surface area contributed by atoms with E-state index in [9.17, 15) is 0 Å². The topological polar surface area (TPSA) is 64.3 Å². The van der Waals surface area contributed by atoms with E-state index in [0.717, 1.165) is 42.2 Å². The van der Waals surface area contributed by atoms with Crippen LogP contribution in [-0.4, -0.2) is 41.9 Å². The van der Waals surface area contributed by atoms with Gasteiger partial charge in [-0.15, -0.1) is 0 Å². The molecular weight excluding hydrogens is 340 g/mol. The molecule has 0 saturated carbocycles. The molecule has 1 atom stereocenters. The van der Waals surface area contributed by atoms with Crippen LogP contribution in [0.3, 0.4) is 0 Å². The molecule has 6 nitrogen and oxygen atoms in total. The third-order valence-electron chi connectivity index (χ3n) is 5.05. The number of hydrogen-bond acceptors (Lipinski definition) is 6. The lowest BCUT2D eigenvalue weighted by Crippen LogP contribution is -2.37. The van der Waals surface area contributed by atoms with Crippen molar-refractivity contribution in [2.75, 3.05) is 31.7 Å². The van der Waals surface area contributed by atoms with E-state index >= 15 is 0 Å². The second-order valence-corrected chi connectivity index (χ2v) is 7.05. The van der Waals surface area contributed by atoms with Crippen LogP contribution in [0.4, 0.5) is 5.82 Å². The number of piperidine rings is 1. The Hall–Kier alpha value is -2.73. The Labute approximate surface area is 159 Å². The summed E-state index contributed by atoms with van der Waals surface area (Å²) in [5.41, 5.74) is 2.93. The van der Waals surface area contributed by atoms with Crippen LogP contribution in [0.15, 0.2) is 47.1 Å². The minimum atomic E-state index is 0.489. The number of nitrogens with zero attached hydrogens (tertiary/aromatic N) is 4. The summed E-state index contributed by atoms with van der Waals surface area (Å²) < 4.78 is 10.8. The van der Waals surface area contributed by atoms with Gasteiger partial charge in [-0.25, -0.2) is 4.98 Å². The lowest BCUT2D eigenvalue weighted by molar-refractivity contribution is 0.143. The second kappa shape index (κ2) is 7.88. The van der Waals surface area contributed by atoms with Crippen molar-refractivity contribution in [3.8, 4) is 22.8 Å². The number of pyridine rings is 1. The Kier molecular flexibility index (Phi) is 5.16. The van der Waals surface area contributed by atoms with Crippen LogP contribution < -0.4 is 4.90 Å². The molecule has 0 radical (unpaired) electrons. The van der Waals surface area contributed by atoms with Gasteiger partial charge >= 0.3 is 0 Å². The van der Waals surface area contributed by atoms with E-state index in [2.05, 4.69) is 20.0 Å². The van der Waals surface area contributed by atoms with Gasteiger partial charge in [0, 0.05) is 32.0 Å². The number of hydrogen-bond donors (Lipinski definition) is 0. The quantitative estimate of drug-likeness (QED) is 0.682. The molecule has 27 heavy (non-hydrogen) atoms. The minimum Gasteiger partial charge on any atom is -0.384 e. The van der Waals surface area contributed by atoms with Crippen LogP contribution in [0.1, 0.15) is 18.4 Å². The molecule has 0 N–H and O–H groups in total. The number of methoxy groups -OCH3 is 1. The zero-order valence-corrected chi connectivity index (χ0v) is 15.8. The highest BCUT2D eigenvalue weighted by Gasteiger charge is 2.21. The zero-order valence-electron chi connectivity index (χ0n) is 15.8. The van der Waals surface area contributed by atoms with Crippen molar-refractivity contribution in [2.45, 2.75) is 19.8 Å². The van der Waals surface area contributed by atoms with Crippen LogP contribution in [-0.2, 0) is 4.74 Å². The molecule has 1 aromatic carbocycles. The third-order valence-corrected chi connectivity index (χ3v) is 5.05. The highest BCUT2D eigenvalue weighted by Crippen LogP contribution is 2.26. The van der Waals surface area contributed by atoms with Crippen molar-refractivity contribution in [1.82, 2.24) is 15.1 Å². The fraction of sp³-hybridized carbons (Fsp3) is 0.381. The van der Waals surface area contributed by atoms with E-state index in [1.54, 1.807) is 7.11 Å². The first-order valence-corrected chi connectivity index (χ1v) is 9.34. The molecule has 3 aromatic rings. The first kappa shape index (κ1) is 17.7. The van der Waals surface area contributed by atoms with E-state index in [1.165, 1.54) is 12.8 Å². The largest absolute Gasteiger partial charge is 0.384 e. The molecule has 0 bridgehead atoms. The highest BCUT2D eigenvalue weighted by atomic mass is 16.5. The number of benzene rings is 1. The Morgan fingerprint density at radius 1 is 1.22 bits per heavy atom. The normalized spacial score (nSPS) is 17.3. The number of ether oxygens (including phenoxy) is 1. The zero-order chi connectivity index (χ0) is 18.6. The predicted molar refractivity (Wildman–Crippen MR) is 105 cm³/mol. The maximum Gasteiger partial charge on any atom is 0.259 e. The summed E-state index contributed by atoms with van der Waals surface area (Å²) in [6.07, 6.45) is 4.19. The molecule has 0 spiro atoms. The van der Waals surface area contributed by atoms with Crippen molar-refractivity contribution < 1.29 is 9.26 Å². The van der Waals surface area contributed by atoms with Gasteiger partial charge in [-0.3, -0.25) is 0 Å². The van der Waals surface area contributed by atoms with Crippen LogP contribution in [0, 0.1) is 12.8 Å². The van der Waals surface area contributed by atoms with Gasteiger partial charge in [0.25, 0.3) is 5.89 Å². The standard InChI is InChI=1S/C21H24N4O2/c1-15-6-3-4-8-18(15)20-23-21(27-24-20)17-9-10-19(22-12-17)25-11-5-7-16(13-25)14-26-2/h3-4,6,8-10,12,16H,5,7,11,13-14H2,1-2H3. The molecule has 3 heterocycles. The Morgan fingerprint density at radius 3 is 2.89 bits per heavy atom. The number of rotatable bonds is 5. The van der Waals surface area contributed by atoms with Crippen LogP contribution in [0.5, 0.6) is 0 Å².